The third kappa shape index (κ3) is 4.20. The van der Waals surface area contributed by atoms with Crippen LogP contribution in [0.15, 0.2) is 76.3 Å². The zero-order valence-electron chi connectivity index (χ0n) is 15.9. The van der Waals surface area contributed by atoms with E-state index in [1.807, 2.05) is 50.2 Å². The molecule has 6 heteroatoms. The van der Waals surface area contributed by atoms with E-state index < -0.39 is 0 Å². The average Bonchev–Trinajstić information content (AvgIpc) is 2.72. The number of rotatable bonds is 3. The Balaban J connectivity index is 1.83. The fourth-order valence-corrected chi connectivity index (χ4v) is 2.97. The maximum Gasteiger partial charge on any atom is 0.262 e. The van der Waals surface area contributed by atoms with Crippen molar-refractivity contribution in [1.29, 1.82) is 0 Å². The van der Waals surface area contributed by atoms with Crippen molar-refractivity contribution in [1.82, 2.24) is 4.98 Å². The molecule has 0 aliphatic rings. The van der Waals surface area contributed by atoms with Crippen LogP contribution in [0.3, 0.4) is 0 Å². The third-order valence-corrected chi connectivity index (χ3v) is 4.85. The normalized spacial score (nSPS) is 11.6. The van der Waals surface area contributed by atoms with Gasteiger partial charge in [-0.15, -0.1) is 0 Å². The molecule has 1 N–H and O–H groups in total. The predicted octanol–water partition coefficient (Wildman–Crippen LogP) is 5.58. The molecule has 4 rings (SSSR count). The first kappa shape index (κ1) is 18.9. The highest BCUT2D eigenvalue weighted by atomic mass is 35.5. The van der Waals surface area contributed by atoms with Crippen LogP contribution < -0.4 is 10.9 Å². The molecule has 144 valence electrons. The lowest BCUT2D eigenvalue weighted by Crippen LogP contribution is -2.22. The summed E-state index contributed by atoms with van der Waals surface area (Å²) in [7, 11) is 0. The number of para-hydroxylation sites is 1. The van der Waals surface area contributed by atoms with Crippen molar-refractivity contribution in [2.75, 3.05) is 5.32 Å². The van der Waals surface area contributed by atoms with Crippen LogP contribution in [0.25, 0.3) is 11.0 Å². The smallest absolute Gasteiger partial charge is 0.262 e. The van der Waals surface area contributed by atoms with Crippen LogP contribution in [0.1, 0.15) is 21.5 Å². The number of carbonyl (C=O) groups excluding carboxylic acids is 1. The number of fused-ring (bicyclic) bond motifs is 1. The van der Waals surface area contributed by atoms with Crippen LogP contribution >= 0.6 is 11.6 Å². The molecular formula is C23H18ClN3O2. The Kier molecular flexibility index (Phi) is 5.14. The van der Waals surface area contributed by atoms with Gasteiger partial charge in [0.15, 0.2) is 0 Å². The minimum atomic E-state index is -0.347. The summed E-state index contributed by atoms with van der Waals surface area (Å²) >= 11 is 6.11. The number of aromatic nitrogens is 1. The van der Waals surface area contributed by atoms with Gasteiger partial charge in [-0.3, -0.25) is 4.79 Å². The van der Waals surface area contributed by atoms with Gasteiger partial charge < -0.3 is 9.73 Å². The number of aryl methyl sites for hydroxylation is 2. The van der Waals surface area contributed by atoms with Gasteiger partial charge in [0.1, 0.15) is 17.0 Å². The molecule has 5 nitrogen and oxygen atoms in total. The van der Waals surface area contributed by atoms with E-state index >= 15 is 0 Å². The number of halogens is 1. The molecule has 0 unspecified atom stereocenters. The van der Waals surface area contributed by atoms with Gasteiger partial charge in [0.2, 0.25) is 5.55 Å². The van der Waals surface area contributed by atoms with Crippen LogP contribution in [0.5, 0.6) is 0 Å². The standard InChI is InChI=1S/C23H18ClN3O2/c1-14-7-10-21(25-13-14)27-22(28)18-12-16-5-3-4-6-20(16)29-23(18)26-17-8-9-19(24)15(2)11-17/h3-13H,1-2H3,(H,25,27,28). The molecule has 0 radical (unpaired) electrons. The fourth-order valence-electron chi connectivity index (χ4n) is 2.86. The van der Waals surface area contributed by atoms with Gasteiger partial charge in [-0.05, 0) is 61.4 Å². The summed E-state index contributed by atoms with van der Waals surface area (Å²) < 4.78 is 5.96. The number of amides is 1. The highest BCUT2D eigenvalue weighted by Crippen LogP contribution is 2.22. The summed E-state index contributed by atoms with van der Waals surface area (Å²) in [6.07, 6.45) is 1.70. The maximum absolute atomic E-state index is 13.0. The number of pyridine rings is 1. The first-order valence-electron chi connectivity index (χ1n) is 9.07. The van der Waals surface area contributed by atoms with Gasteiger partial charge in [-0.2, -0.15) is 0 Å². The topological polar surface area (TPSA) is 67.5 Å². The minimum absolute atomic E-state index is 0.218. The van der Waals surface area contributed by atoms with E-state index in [4.69, 9.17) is 16.0 Å². The largest absolute Gasteiger partial charge is 0.438 e. The van der Waals surface area contributed by atoms with Crippen molar-refractivity contribution in [3.8, 4) is 0 Å². The highest BCUT2D eigenvalue weighted by molar-refractivity contribution is 6.31. The van der Waals surface area contributed by atoms with Crippen LogP contribution in [-0.2, 0) is 0 Å². The van der Waals surface area contributed by atoms with Crippen LogP contribution in [-0.4, -0.2) is 10.9 Å². The van der Waals surface area contributed by atoms with Gasteiger partial charge in [0.05, 0.1) is 5.69 Å². The minimum Gasteiger partial charge on any atom is -0.438 e. The summed E-state index contributed by atoms with van der Waals surface area (Å²) in [6, 6.07) is 18.3. The summed E-state index contributed by atoms with van der Waals surface area (Å²) in [4.78, 5) is 21.8. The van der Waals surface area contributed by atoms with E-state index in [2.05, 4.69) is 15.3 Å². The molecule has 2 aromatic heterocycles. The highest BCUT2D eigenvalue weighted by Gasteiger charge is 2.14. The Morgan fingerprint density at radius 3 is 2.66 bits per heavy atom. The maximum atomic E-state index is 13.0. The third-order valence-electron chi connectivity index (χ3n) is 4.43. The predicted molar refractivity (Wildman–Crippen MR) is 115 cm³/mol. The molecule has 0 saturated carbocycles. The molecular weight excluding hydrogens is 386 g/mol. The summed E-state index contributed by atoms with van der Waals surface area (Å²) in [5.74, 6) is 0.113. The van der Waals surface area contributed by atoms with Crippen molar-refractivity contribution < 1.29 is 9.21 Å². The quantitative estimate of drug-likeness (QED) is 0.485. The van der Waals surface area contributed by atoms with Gasteiger partial charge in [-0.1, -0.05) is 35.9 Å². The van der Waals surface area contributed by atoms with E-state index in [1.54, 1.807) is 30.5 Å². The summed E-state index contributed by atoms with van der Waals surface area (Å²) in [6.45, 7) is 3.83. The van der Waals surface area contributed by atoms with Crippen molar-refractivity contribution in [2.24, 2.45) is 4.99 Å². The molecule has 0 fully saturated rings. The first-order chi connectivity index (χ1) is 14.0. The van der Waals surface area contributed by atoms with Crippen LogP contribution in [0.4, 0.5) is 11.5 Å². The Morgan fingerprint density at radius 1 is 1.07 bits per heavy atom. The molecule has 0 bridgehead atoms. The van der Waals surface area contributed by atoms with E-state index in [1.165, 1.54) is 0 Å². The summed E-state index contributed by atoms with van der Waals surface area (Å²) in [5, 5.41) is 4.27. The van der Waals surface area contributed by atoms with Crippen LogP contribution in [0, 0.1) is 13.8 Å². The Labute approximate surface area is 172 Å². The molecule has 4 aromatic rings. The van der Waals surface area contributed by atoms with Gasteiger partial charge in [0.25, 0.3) is 5.91 Å². The van der Waals surface area contributed by atoms with Gasteiger partial charge in [-0.25, -0.2) is 9.98 Å². The zero-order chi connectivity index (χ0) is 20.4. The van der Waals surface area contributed by atoms with Gasteiger partial charge >= 0.3 is 0 Å². The van der Waals surface area contributed by atoms with Crippen molar-refractivity contribution in [2.45, 2.75) is 13.8 Å². The second-order valence-electron chi connectivity index (χ2n) is 6.72. The molecule has 2 aromatic carbocycles. The van der Waals surface area contributed by atoms with E-state index in [-0.39, 0.29) is 11.5 Å². The van der Waals surface area contributed by atoms with E-state index in [9.17, 15) is 4.79 Å². The van der Waals surface area contributed by atoms with Crippen molar-refractivity contribution in [3.05, 3.63) is 94.1 Å². The zero-order valence-corrected chi connectivity index (χ0v) is 16.7. The number of carbonyl (C=O) groups is 1. The molecule has 2 heterocycles. The Bertz CT molecular complexity index is 1280. The molecule has 0 saturated heterocycles. The Morgan fingerprint density at radius 2 is 1.90 bits per heavy atom. The monoisotopic (exact) mass is 403 g/mol. The second kappa shape index (κ2) is 7.89. The lowest BCUT2D eigenvalue weighted by atomic mass is 10.1. The van der Waals surface area contributed by atoms with Crippen molar-refractivity contribution >= 4 is 40.0 Å². The lowest BCUT2D eigenvalue weighted by molar-refractivity contribution is 0.102. The number of benzene rings is 2. The first-order valence-corrected chi connectivity index (χ1v) is 9.45. The number of hydrogen-bond acceptors (Lipinski definition) is 4. The van der Waals surface area contributed by atoms with Crippen LogP contribution in [0.2, 0.25) is 5.02 Å². The molecule has 0 spiro atoms. The molecule has 0 atom stereocenters. The molecule has 0 aliphatic heterocycles. The van der Waals surface area contributed by atoms with Gasteiger partial charge in [0, 0.05) is 16.6 Å². The number of anilines is 1. The number of hydrogen-bond donors (Lipinski definition) is 1. The van der Waals surface area contributed by atoms with E-state index in [0.717, 1.165) is 16.5 Å². The number of nitrogens with zero attached hydrogens (tertiary/aromatic N) is 2. The second-order valence-corrected chi connectivity index (χ2v) is 7.13. The fraction of sp³-hybridized carbons (Fsp3) is 0.0870. The lowest BCUT2D eigenvalue weighted by Gasteiger charge is -2.07. The SMILES string of the molecule is Cc1ccc(NC(=O)c2cc3ccccc3oc2=Nc2ccc(Cl)c(C)c2)nc1. The molecule has 29 heavy (non-hydrogen) atoms. The Hall–Kier alpha value is -3.44. The van der Waals surface area contributed by atoms with Crippen molar-refractivity contribution in [3.63, 3.8) is 0 Å². The molecule has 1 amide bonds. The molecule has 0 aliphatic carbocycles. The summed E-state index contributed by atoms with van der Waals surface area (Å²) in [5.41, 5.74) is 3.73. The average molecular weight is 404 g/mol. The van der Waals surface area contributed by atoms with E-state index in [0.29, 0.717) is 27.7 Å². The number of nitrogens with one attached hydrogen (secondary N) is 1.